The molecule has 5 heteroatoms. The van der Waals surface area contributed by atoms with Gasteiger partial charge in [-0.2, -0.15) is 0 Å². The highest BCUT2D eigenvalue weighted by Crippen LogP contribution is 2.24. The molecule has 0 amide bonds. The standard InChI is InChI=1S/C11H17N5/c1-8-4-2-3-7-16(8)11-9(10(12)13)14-5-6-15-11/h5-6,8H,2-4,7H2,1H3,(H3,12,13). The van der Waals surface area contributed by atoms with E-state index in [9.17, 15) is 0 Å². The second-order valence-electron chi connectivity index (χ2n) is 4.18. The fourth-order valence-electron chi connectivity index (χ4n) is 2.14. The van der Waals surface area contributed by atoms with Gasteiger partial charge in [-0.1, -0.05) is 0 Å². The zero-order valence-corrected chi connectivity index (χ0v) is 9.48. The van der Waals surface area contributed by atoms with Crippen molar-refractivity contribution in [2.45, 2.75) is 32.2 Å². The van der Waals surface area contributed by atoms with Crippen LogP contribution in [0.4, 0.5) is 5.82 Å². The van der Waals surface area contributed by atoms with Crippen LogP contribution in [0, 0.1) is 5.41 Å². The number of nitrogens with zero attached hydrogens (tertiary/aromatic N) is 3. The number of hydrogen-bond donors (Lipinski definition) is 2. The normalized spacial score (nSPS) is 20.8. The maximum atomic E-state index is 7.51. The predicted molar refractivity (Wildman–Crippen MR) is 63.7 cm³/mol. The zero-order valence-electron chi connectivity index (χ0n) is 9.48. The Morgan fingerprint density at radius 2 is 2.19 bits per heavy atom. The Morgan fingerprint density at radius 1 is 1.44 bits per heavy atom. The van der Waals surface area contributed by atoms with Gasteiger partial charge < -0.3 is 10.6 Å². The largest absolute Gasteiger partial charge is 0.382 e. The van der Waals surface area contributed by atoms with E-state index in [1.165, 1.54) is 6.42 Å². The van der Waals surface area contributed by atoms with Gasteiger partial charge in [-0.05, 0) is 26.2 Å². The van der Waals surface area contributed by atoms with Crippen molar-refractivity contribution in [3.8, 4) is 0 Å². The molecule has 2 rings (SSSR count). The van der Waals surface area contributed by atoms with Crippen LogP contribution in [0.2, 0.25) is 0 Å². The van der Waals surface area contributed by atoms with Crippen molar-refractivity contribution >= 4 is 11.7 Å². The first kappa shape index (κ1) is 10.9. The number of amidine groups is 1. The molecule has 1 fully saturated rings. The molecule has 5 nitrogen and oxygen atoms in total. The van der Waals surface area contributed by atoms with Crippen LogP contribution in [0.25, 0.3) is 0 Å². The average Bonchev–Trinajstić information content (AvgIpc) is 2.29. The number of nitrogens with one attached hydrogen (secondary N) is 1. The second kappa shape index (κ2) is 4.47. The third-order valence-electron chi connectivity index (χ3n) is 3.01. The molecule has 1 aliphatic heterocycles. The third kappa shape index (κ3) is 1.98. The molecule has 16 heavy (non-hydrogen) atoms. The number of aromatic nitrogens is 2. The molecule has 2 heterocycles. The van der Waals surface area contributed by atoms with E-state index in [1.807, 2.05) is 0 Å². The van der Waals surface area contributed by atoms with Crippen LogP contribution in [0.15, 0.2) is 12.4 Å². The van der Waals surface area contributed by atoms with Gasteiger partial charge in [0.2, 0.25) is 0 Å². The van der Waals surface area contributed by atoms with Gasteiger partial charge >= 0.3 is 0 Å². The van der Waals surface area contributed by atoms with Gasteiger partial charge in [0.1, 0.15) is 11.5 Å². The highest BCUT2D eigenvalue weighted by Gasteiger charge is 2.23. The Hall–Kier alpha value is -1.65. The monoisotopic (exact) mass is 219 g/mol. The summed E-state index contributed by atoms with van der Waals surface area (Å²) in [6.45, 7) is 3.15. The predicted octanol–water partition coefficient (Wildman–Crippen LogP) is 1.14. The van der Waals surface area contributed by atoms with Crippen LogP contribution in [0.3, 0.4) is 0 Å². The lowest BCUT2D eigenvalue weighted by molar-refractivity contribution is 0.480. The second-order valence-corrected chi connectivity index (χ2v) is 4.18. The van der Waals surface area contributed by atoms with E-state index in [-0.39, 0.29) is 5.84 Å². The number of nitrogen functional groups attached to an aromatic ring is 1. The van der Waals surface area contributed by atoms with Gasteiger partial charge in [-0.25, -0.2) is 9.97 Å². The molecule has 0 bridgehead atoms. The maximum absolute atomic E-state index is 7.51. The number of rotatable bonds is 2. The minimum absolute atomic E-state index is 0.0131. The molecule has 1 saturated heterocycles. The minimum atomic E-state index is -0.0131. The summed E-state index contributed by atoms with van der Waals surface area (Å²) in [5.41, 5.74) is 6.02. The van der Waals surface area contributed by atoms with Crippen LogP contribution in [0.5, 0.6) is 0 Å². The maximum Gasteiger partial charge on any atom is 0.158 e. The molecular formula is C11H17N5. The summed E-state index contributed by atoms with van der Waals surface area (Å²) < 4.78 is 0. The van der Waals surface area contributed by atoms with Crippen molar-refractivity contribution in [3.05, 3.63) is 18.1 Å². The van der Waals surface area contributed by atoms with E-state index in [4.69, 9.17) is 11.1 Å². The molecule has 86 valence electrons. The molecule has 0 radical (unpaired) electrons. The summed E-state index contributed by atoms with van der Waals surface area (Å²) >= 11 is 0. The van der Waals surface area contributed by atoms with Gasteiger partial charge in [0, 0.05) is 25.0 Å². The highest BCUT2D eigenvalue weighted by molar-refractivity contribution is 5.97. The Bertz CT molecular complexity index is 390. The quantitative estimate of drug-likeness (QED) is 0.577. The molecule has 1 aromatic heterocycles. The summed E-state index contributed by atoms with van der Waals surface area (Å²) in [5.74, 6) is 0.739. The molecule has 1 atom stereocenters. The summed E-state index contributed by atoms with van der Waals surface area (Å²) in [5, 5.41) is 7.51. The molecule has 0 spiro atoms. The molecule has 1 unspecified atom stereocenters. The smallest absolute Gasteiger partial charge is 0.158 e. The van der Waals surface area contributed by atoms with E-state index < -0.39 is 0 Å². The van der Waals surface area contributed by atoms with Gasteiger partial charge in [0.15, 0.2) is 5.82 Å². The molecule has 3 N–H and O–H groups in total. The molecule has 0 saturated carbocycles. The molecule has 1 aromatic rings. The van der Waals surface area contributed by atoms with Crippen LogP contribution >= 0.6 is 0 Å². The van der Waals surface area contributed by atoms with Crippen LogP contribution in [-0.4, -0.2) is 28.4 Å². The SMILES string of the molecule is CC1CCCCN1c1nccnc1C(=N)N. The number of nitrogens with two attached hydrogens (primary N) is 1. The summed E-state index contributed by atoms with van der Waals surface area (Å²) in [6.07, 6.45) is 6.82. The van der Waals surface area contributed by atoms with Crippen molar-refractivity contribution in [1.82, 2.24) is 9.97 Å². The summed E-state index contributed by atoms with van der Waals surface area (Å²) in [4.78, 5) is 10.7. The number of piperidine rings is 1. The minimum Gasteiger partial charge on any atom is -0.382 e. The lowest BCUT2D eigenvalue weighted by atomic mass is 10.0. The Labute approximate surface area is 95.2 Å². The van der Waals surface area contributed by atoms with Gasteiger partial charge in [0.05, 0.1) is 0 Å². The number of anilines is 1. The van der Waals surface area contributed by atoms with Crippen molar-refractivity contribution in [3.63, 3.8) is 0 Å². The molecule has 0 aromatic carbocycles. The fraction of sp³-hybridized carbons (Fsp3) is 0.545. The highest BCUT2D eigenvalue weighted by atomic mass is 15.2. The van der Waals surface area contributed by atoms with E-state index in [0.29, 0.717) is 11.7 Å². The first-order chi connectivity index (χ1) is 7.70. The van der Waals surface area contributed by atoms with E-state index in [0.717, 1.165) is 25.2 Å². The molecule has 1 aliphatic rings. The van der Waals surface area contributed by atoms with E-state index in [2.05, 4.69) is 21.8 Å². The van der Waals surface area contributed by atoms with E-state index >= 15 is 0 Å². The van der Waals surface area contributed by atoms with Crippen LogP contribution in [-0.2, 0) is 0 Å². The van der Waals surface area contributed by atoms with Gasteiger partial charge in [0.25, 0.3) is 0 Å². The molecular weight excluding hydrogens is 202 g/mol. The fourth-order valence-corrected chi connectivity index (χ4v) is 2.14. The Kier molecular flexibility index (Phi) is 3.03. The van der Waals surface area contributed by atoms with Gasteiger partial charge in [-0.3, -0.25) is 5.41 Å². The van der Waals surface area contributed by atoms with Crippen molar-refractivity contribution in [1.29, 1.82) is 5.41 Å². The van der Waals surface area contributed by atoms with Crippen LogP contribution < -0.4 is 10.6 Å². The average molecular weight is 219 g/mol. The number of hydrogen-bond acceptors (Lipinski definition) is 4. The Balaban J connectivity index is 2.34. The van der Waals surface area contributed by atoms with Gasteiger partial charge in [-0.15, -0.1) is 0 Å². The van der Waals surface area contributed by atoms with Crippen molar-refractivity contribution in [2.24, 2.45) is 5.73 Å². The van der Waals surface area contributed by atoms with Crippen LogP contribution in [0.1, 0.15) is 31.9 Å². The summed E-state index contributed by atoms with van der Waals surface area (Å²) in [6, 6.07) is 0.448. The Morgan fingerprint density at radius 3 is 2.88 bits per heavy atom. The zero-order chi connectivity index (χ0) is 11.5. The molecule has 0 aliphatic carbocycles. The topological polar surface area (TPSA) is 78.9 Å². The lowest BCUT2D eigenvalue weighted by Crippen LogP contribution is -2.39. The first-order valence-electron chi connectivity index (χ1n) is 5.62. The third-order valence-corrected chi connectivity index (χ3v) is 3.01. The lowest BCUT2D eigenvalue weighted by Gasteiger charge is -2.34. The van der Waals surface area contributed by atoms with Crippen molar-refractivity contribution < 1.29 is 0 Å². The van der Waals surface area contributed by atoms with Crippen molar-refractivity contribution in [2.75, 3.05) is 11.4 Å². The first-order valence-corrected chi connectivity index (χ1v) is 5.62. The van der Waals surface area contributed by atoms with E-state index in [1.54, 1.807) is 12.4 Å². The summed E-state index contributed by atoms with van der Waals surface area (Å²) in [7, 11) is 0.